The lowest BCUT2D eigenvalue weighted by atomic mass is 9.94. The van der Waals surface area contributed by atoms with Gasteiger partial charge in [-0.05, 0) is 41.7 Å². The summed E-state index contributed by atoms with van der Waals surface area (Å²) in [5.74, 6) is -1.68. The molecule has 2 aromatic rings. The van der Waals surface area contributed by atoms with Gasteiger partial charge in [-0.15, -0.1) is 6.58 Å². The number of hydrogen-bond acceptors (Lipinski definition) is 8. The molecule has 0 aromatic heterocycles. The van der Waals surface area contributed by atoms with Crippen molar-refractivity contribution in [2.45, 2.75) is 76.9 Å². The molecule has 1 heterocycles. The standard InChI is InChI=1S/C36H46N2O8/c1-7-12-29(24(5)33-34(46-33)26-13-10-9-11-14-26)45-36(42)30(21-23(3)4)44-32(40)19-20-37-35(41)28(38-31(39)8-2)22-25-15-17-27(43-6)18-16-25/h7-11,13-18,23-24,28-30,33-34H,1-2,12,19-22H2,3-6H3,(H,37,41)(H,38,39)/t24-,28+,29-,30-,33+,34-/m0/s1. The summed E-state index contributed by atoms with van der Waals surface area (Å²) in [6, 6.07) is 16.1. The largest absolute Gasteiger partial charge is 0.497 e. The van der Waals surface area contributed by atoms with Gasteiger partial charge in [-0.1, -0.05) is 75.9 Å². The Morgan fingerprint density at radius 3 is 2.28 bits per heavy atom. The quantitative estimate of drug-likeness (QED) is 0.0989. The Balaban J connectivity index is 1.55. The number of ether oxygens (including phenoxy) is 4. The van der Waals surface area contributed by atoms with Gasteiger partial charge in [-0.3, -0.25) is 14.4 Å². The maximum Gasteiger partial charge on any atom is 0.347 e. The number of rotatable bonds is 19. The van der Waals surface area contributed by atoms with Crippen LogP contribution >= 0.6 is 0 Å². The van der Waals surface area contributed by atoms with Crippen molar-refractivity contribution in [3.63, 3.8) is 0 Å². The first-order chi connectivity index (χ1) is 22.1. The predicted octanol–water partition coefficient (Wildman–Crippen LogP) is 4.64. The van der Waals surface area contributed by atoms with Gasteiger partial charge in [0.25, 0.3) is 0 Å². The lowest BCUT2D eigenvalue weighted by Gasteiger charge is -2.25. The lowest BCUT2D eigenvalue weighted by Crippen LogP contribution is -2.48. The molecule has 6 atom stereocenters. The lowest BCUT2D eigenvalue weighted by molar-refractivity contribution is -0.174. The molecule has 46 heavy (non-hydrogen) atoms. The van der Waals surface area contributed by atoms with Gasteiger partial charge in [0.1, 0.15) is 24.0 Å². The van der Waals surface area contributed by atoms with Crippen molar-refractivity contribution < 1.29 is 38.1 Å². The molecule has 0 saturated carbocycles. The van der Waals surface area contributed by atoms with Crippen molar-refractivity contribution in [1.82, 2.24) is 10.6 Å². The highest BCUT2D eigenvalue weighted by molar-refractivity contribution is 5.92. The molecular weight excluding hydrogens is 588 g/mol. The Morgan fingerprint density at radius 2 is 1.67 bits per heavy atom. The molecule has 10 nitrogen and oxygen atoms in total. The van der Waals surface area contributed by atoms with E-state index in [0.29, 0.717) is 12.2 Å². The molecule has 2 aromatic carbocycles. The highest BCUT2D eigenvalue weighted by atomic mass is 16.6. The van der Waals surface area contributed by atoms with Crippen LogP contribution in [0, 0.1) is 11.8 Å². The van der Waals surface area contributed by atoms with Crippen LogP contribution in [0.15, 0.2) is 79.9 Å². The van der Waals surface area contributed by atoms with Crippen LogP contribution in [0.25, 0.3) is 0 Å². The number of carbonyl (C=O) groups excluding carboxylic acids is 4. The maximum atomic E-state index is 13.3. The second-order valence-electron chi connectivity index (χ2n) is 11.8. The first-order valence-electron chi connectivity index (χ1n) is 15.6. The normalized spacial score (nSPS) is 17.8. The number of methoxy groups -OCH3 is 1. The Hall–Kier alpha value is -4.44. The average molecular weight is 635 g/mol. The second-order valence-corrected chi connectivity index (χ2v) is 11.8. The third-order valence-corrected chi connectivity index (χ3v) is 7.69. The van der Waals surface area contributed by atoms with Crippen molar-refractivity contribution in [3.05, 3.63) is 91.0 Å². The predicted molar refractivity (Wildman–Crippen MR) is 174 cm³/mol. The number of hydrogen-bond donors (Lipinski definition) is 2. The number of nitrogens with one attached hydrogen (secondary N) is 2. The Labute approximate surface area is 271 Å². The molecule has 10 heteroatoms. The Bertz CT molecular complexity index is 1330. The molecule has 248 valence electrons. The van der Waals surface area contributed by atoms with Crippen LogP contribution in [0.5, 0.6) is 5.75 Å². The van der Waals surface area contributed by atoms with Gasteiger partial charge in [-0.2, -0.15) is 0 Å². The molecule has 1 saturated heterocycles. The fourth-order valence-corrected chi connectivity index (χ4v) is 5.09. The van der Waals surface area contributed by atoms with E-state index in [4.69, 9.17) is 18.9 Å². The minimum atomic E-state index is -1.11. The summed E-state index contributed by atoms with van der Waals surface area (Å²) >= 11 is 0. The van der Waals surface area contributed by atoms with Crippen LogP contribution in [-0.2, 0) is 39.8 Å². The van der Waals surface area contributed by atoms with Crippen LogP contribution in [-0.4, -0.2) is 61.8 Å². The molecule has 2 N–H and O–H groups in total. The zero-order chi connectivity index (χ0) is 33.6. The van der Waals surface area contributed by atoms with E-state index in [1.807, 2.05) is 51.1 Å². The highest BCUT2D eigenvalue weighted by Gasteiger charge is 2.47. The Morgan fingerprint density at radius 1 is 0.978 bits per heavy atom. The molecule has 0 spiro atoms. The Kier molecular flexibility index (Phi) is 14.0. The smallest absolute Gasteiger partial charge is 0.347 e. The SMILES string of the molecule is C=CC[C@H](OC(=O)[C@H](CC(C)C)OC(=O)CCNC(=O)[C@@H](Cc1ccc(OC)cc1)NC(=O)C=C)[C@H](C)[C@H]1O[C@H]1c1ccccc1. The summed E-state index contributed by atoms with van der Waals surface area (Å²) in [5.41, 5.74) is 1.87. The van der Waals surface area contributed by atoms with E-state index in [2.05, 4.69) is 23.8 Å². The molecular formula is C36H46N2O8. The monoisotopic (exact) mass is 634 g/mol. The van der Waals surface area contributed by atoms with Gasteiger partial charge in [0.05, 0.1) is 19.6 Å². The van der Waals surface area contributed by atoms with Gasteiger partial charge >= 0.3 is 11.9 Å². The summed E-state index contributed by atoms with van der Waals surface area (Å²) in [6.45, 7) is 13.0. The summed E-state index contributed by atoms with van der Waals surface area (Å²) in [7, 11) is 1.56. The van der Waals surface area contributed by atoms with Gasteiger partial charge < -0.3 is 29.6 Å². The first-order valence-corrected chi connectivity index (χ1v) is 15.6. The van der Waals surface area contributed by atoms with Crippen LogP contribution in [0.2, 0.25) is 0 Å². The number of esters is 2. The fraction of sp³-hybridized carbons (Fsp3) is 0.444. The zero-order valence-corrected chi connectivity index (χ0v) is 27.1. The number of epoxide rings is 1. The van der Waals surface area contributed by atoms with Gasteiger partial charge in [0.15, 0.2) is 6.10 Å². The summed E-state index contributed by atoms with van der Waals surface area (Å²) in [4.78, 5) is 51.1. The molecule has 2 amide bonds. The minimum Gasteiger partial charge on any atom is -0.497 e. The van der Waals surface area contributed by atoms with Gasteiger partial charge in [0, 0.05) is 25.3 Å². The van der Waals surface area contributed by atoms with E-state index in [9.17, 15) is 19.2 Å². The van der Waals surface area contributed by atoms with Gasteiger partial charge in [0.2, 0.25) is 11.8 Å². The maximum absolute atomic E-state index is 13.3. The fourth-order valence-electron chi connectivity index (χ4n) is 5.09. The molecule has 1 aliphatic rings. The van der Waals surface area contributed by atoms with E-state index in [-0.39, 0.29) is 49.9 Å². The third kappa shape index (κ3) is 11.2. The van der Waals surface area contributed by atoms with E-state index in [1.165, 1.54) is 0 Å². The van der Waals surface area contributed by atoms with Crippen LogP contribution in [0.1, 0.15) is 57.3 Å². The molecule has 1 fully saturated rings. The second kappa shape index (κ2) is 17.9. The van der Waals surface area contributed by atoms with Crippen molar-refractivity contribution in [3.8, 4) is 5.75 Å². The summed E-state index contributed by atoms with van der Waals surface area (Å²) in [5, 5.41) is 5.29. The molecule has 0 bridgehead atoms. The number of amides is 2. The average Bonchev–Trinajstić information content (AvgIpc) is 3.85. The van der Waals surface area contributed by atoms with E-state index < -0.39 is 42.0 Å². The summed E-state index contributed by atoms with van der Waals surface area (Å²) < 4.78 is 22.6. The van der Waals surface area contributed by atoms with E-state index in [1.54, 1.807) is 37.5 Å². The molecule has 0 unspecified atom stereocenters. The topological polar surface area (TPSA) is 133 Å². The minimum absolute atomic E-state index is 0.0433. The van der Waals surface area contributed by atoms with Gasteiger partial charge in [-0.25, -0.2) is 4.79 Å². The van der Waals surface area contributed by atoms with Crippen molar-refractivity contribution in [2.75, 3.05) is 13.7 Å². The van der Waals surface area contributed by atoms with Crippen LogP contribution < -0.4 is 15.4 Å². The number of benzene rings is 2. The van der Waals surface area contributed by atoms with Crippen molar-refractivity contribution in [2.24, 2.45) is 11.8 Å². The van der Waals surface area contributed by atoms with E-state index >= 15 is 0 Å². The highest BCUT2D eigenvalue weighted by Crippen LogP contribution is 2.45. The third-order valence-electron chi connectivity index (χ3n) is 7.69. The van der Waals surface area contributed by atoms with Crippen LogP contribution in [0.4, 0.5) is 0 Å². The molecule has 1 aliphatic heterocycles. The molecule has 0 radical (unpaired) electrons. The molecule has 3 rings (SSSR count). The van der Waals surface area contributed by atoms with Crippen molar-refractivity contribution >= 4 is 23.8 Å². The first kappa shape index (κ1) is 36.0. The zero-order valence-electron chi connectivity index (χ0n) is 27.1. The van der Waals surface area contributed by atoms with Crippen LogP contribution in [0.3, 0.4) is 0 Å². The molecule has 0 aliphatic carbocycles. The number of carbonyl (C=O) groups is 4. The van der Waals surface area contributed by atoms with E-state index in [0.717, 1.165) is 17.2 Å². The summed E-state index contributed by atoms with van der Waals surface area (Å²) in [6.07, 6.45) is 1.71. The van der Waals surface area contributed by atoms with Crippen molar-refractivity contribution in [1.29, 1.82) is 0 Å².